The predicted molar refractivity (Wildman–Crippen MR) is 99.7 cm³/mol. The van der Waals surface area contributed by atoms with Crippen molar-refractivity contribution in [3.8, 4) is 0 Å². The third-order valence-electron chi connectivity index (χ3n) is 3.75. The lowest BCUT2D eigenvalue weighted by Crippen LogP contribution is -2.26. The Hall–Kier alpha value is -2.36. The Bertz CT molecular complexity index is 886. The van der Waals surface area contributed by atoms with Gasteiger partial charge in [0.05, 0.1) is 4.92 Å². The van der Waals surface area contributed by atoms with Crippen LogP contribution in [0.15, 0.2) is 83.8 Å². The zero-order chi connectivity index (χ0) is 17.2. The van der Waals surface area contributed by atoms with Crippen molar-refractivity contribution in [2.75, 3.05) is 0 Å². The summed E-state index contributed by atoms with van der Waals surface area (Å²) in [4.78, 5) is 11.1. The van der Waals surface area contributed by atoms with Crippen LogP contribution in [-0.4, -0.2) is 4.92 Å². The van der Waals surface area contributed by atoms with Crippen LogP contribution >= 0.6 is 19.8 Å². The average molecular weight is 355 g/mol. The first-order valence-electron chi connectivity index (χ1n) is 7.23. The quantitative estimate of drug-likeness (QED) is 0.337. The summed E-state index contributed by atoms with van der Waals surface area (Å²) in [6.07, 6.45) is 0. The van der Waals surface area contributed by atoms with Crippen LogP contribution < -0.4 is 15.9 Å². The van der Waals surface area contributed by atoms with Crippen LogP contribution in [0.2, 0.25) is 0 Å². The molecule has 24 heavy (non-hydrogen) atoms. The molecule has 0 fully saturated rings. The second kappa shape index (κ2) is 6.63. The number of nitrogens with zero attached hydrogens (tertiary/aromatic N) is 1. The van der Waals surface area contributed by atoms with E-state index in [1.54, 1.807) is 48.5 Å². The third-order valence-corrected chi connectivity index (χ3v) is 7.41. The zero-order valence-corrected chi connectivity index (χ0v) is 14.4. The van der Waals surface area contributed by atoms with Crippen LogP contribution in [0.3, 0.4) is 0 Å². The van der Waals surface area contributed by atoms with Crippen LogP contribution in [0.25, 0.3) is 0 Å². The van der Waals surface area contributed by atoms with Gasteiger partial charge in [-0.25, -0.2) is 0 Å². The van der Waals surface area contributed by atoms with E-state index in [4.69, 9.17) is 0 Å². The largest absolute Gasteiger partial charge is 0.309 e. The molecular formula is C18H14NO3PS. The van der Waals surface area contributed by atoms with Gasteiger partial charge in [-0.3, -0.25) is 10.1 Å². The van der Waals surface area contributed by atoms with Crippen LogP contribution in [0.1, 0.15) is 0 Å². The standard InChI is InChI=1S/C18H14NO3PS/c20-19(21)14-11-12-18(24)17(13-14)23(22,15-7-3-1-4-8-15)16-9-5-2-6-10-16/h1-13,24H. The second-order valence-corrected chi connectivity index (χ2v) is 8.43. The van der Waals surface area contributed by atoms with Gasteiger partial charge in [0.15, 0.2) is 7.14 Å². The molecule has 0 spiro atoms. The number of thiol groups is 1. The van der Waals surface area contributed by atoms with Crippen molar-refractivity contribution in [2.24, 2.45) is 0 Å². The maximum atomic E-state index is 14.1. The monoisotopic (exact) mass is 355 g/mol. The summed E-state index contributed by atoms with van der Waals surface area (Å²) in [5.74, 6) is 0. The maximum absolute atomic E-state index is 14.1. The van der Waals surface area contributed by atoms with Gasteiger partial charge in [0, 0.05) is 32.9 Å². The SMILES string of the molecule is O=[N+]([O-])c1ccc(S)c(P(=O)(c2ccccc2)c2ccccc2)c1. The van der Waals surface area contributed by atoms with E-state index in [0.717, 1.165) is 0 Å². The topological polar surface area (TPSA) is 60.2 Å². The molecule has 6 heteroatoms. The molecule has 4 nitrogen and oxygen atoms in total. The van der Waals surface area contributed by atoms with Gasteiger partial charge in [0.1, 0.15) is 0 Å². The molecule has 0 radical (unpaired) electrons. The molecule has 0 saturated heterocycles. The van der Waals surface area contributed by atoms with Crippen LogP contribution in [-0.2, 0) is 4.57 Å². The number of hydrogen-bond acceptors (Lipinski definition) is 4. The average Bonchev–Trinajstić information content (AvgIpc) is 2.62. The van der Waals surface area contributed by atoms with Crippen molar-refractivity contribution in [3.05, 3.63) is 89.0 Å². The number of rotatable bonds is 4. The summed E-state index contributed by atoms with van der Waals surface area (Å²) >= 11 is 4.41. The lowest BCUT2D eigenvalue weighted by molar-refractivity contribution is -0.384. The molecule has 0 unspecified atom stereocenters. The van der Waals surface area contributed by atoms with E-state index in [0.29, 0.717) is 20.8 Å². The van der Waals surface area contributed by atoms with Gasteiger partial charge in [0.25, 0.3) is 5.69 Å². The maximum Gasteiger partial charge on any atom is 0.270 e. The smallest absolute Gasteiger partial charge is 0.270 e. The van der Waals surface area contributed by atoms with Crippen LogP contribution in [0, 0.1) is 10.1 Å². The lowest BCUT2D eigenvalue weighted by Gasteiger charge is -2.21. The van der Waals surface area contributed by atoms with E-state index in [-0.39, 0.29) is 5.69 Å². The van der Waals surface area contributed by atoms with E-state index in [1.165, 1.54) is 18.2 Å². The van der Waals surface area contributed by atoms with Crippen molar-refractivity contribution < 1.29 is 9.49 Å². The highest BCUT2D eigenvalue weighted by molar-refractivity contribution is 7.87. The molecule has 0 N–H and O–H groups in total. The van der Waals surface area contributed by atoms with E-state index < -0.39 is 12.1 Å². The molecule has 0 atom stereocenters. The second-order valence-electron chi connectivity index (χ2n) is 5.21. The predicted octanol–water partition coefficient (Wildman–Crippen LogP) is 3.52. The fourth-order valence-corrected chi connectivity index (χ4v) is 5.89. The van der Waals surface area contributed by atoms with Gasteiger partial charge in [0.2, 0.25) is 0 Å². The Morgan fingerprint density at radius 2 is 1.33 bits per heavy atom. The summed E-state index contributed by atoms with van der Waals surface area (Å²) in [5.41, 5.74) is -0.102. The normalized spacial score (nSPS) is 11.2. The molecule has 0 aliphatic carbocycles. The summed E-state index contributed by atoms with van der Waals surface area (Å²) in [6.45, 7) is 0. The van der Waals surface area contributed by atoms with Crippen molar-refractivity contribution in [2.45, 2.75) is 4.90 Å². The van der Waals surface area contributed by atoms with Crippen molar-refractivity contribution in [3.63, 3.8) is 0 Å². The highest BCUT2D eigenvalue weighted by Crippen LogP contribution is 2.44. The van der Waals surface area contributed by atoms with Crippen LogP contribution in [0.5, 0.6) is 0 Å². The molecule has 3 rings (SSSR count). The van der Waals surface area contributed by atoms with E-state index in [2.05, 4.69) is 12.6 Å². The molecule has 0 saturated carbocycles. The van der Waals surface area contributed by atoms with Gasteiger partial charge in [-0.05, 0) is 6.07 Å². The molecule has 120 valence electrons. The van der Waals surface area contributed by atoms with Gasteiger partial charge < -0.3 is 4.57 Å². The van der Waals surface area contributed by atoms with Gasteiger partial charge >= 0.3 is 0 Å². The van der Waals surface area contributed by atoms with Crippen molar-refractivity contribution >= 4 is 41.4 Å². The molecular weight excluding hydrogens is 341 g/mol. The minimum Gasteiger partial charge on any atom is -0.309 e. The zero-order valence-electron chi connectivity index (χ0n) is 12.6. The van der Waals surface area contributed by atoms with E-state index in [9.17, 15) is 14.7 Å². The summed E-state index contributed by atoms with van der Waals surface area (Å²) in [6, 6.07) is 22.3. The Balaban J connectivity index is 2.34. The molecule has 3 aromatic carbocycles. The number of benzene rings is 3. The van der Waals surface area contributed by atoms with Gasteiger partial charge in [-0.1, -0.05) is 60.7 Å². The summed E-state index contributed by atoms with van der Waals surface area (Å²) in [7, 11) is -3.26. The minimum atomic E-state index is -3.26. The molecule has 0 heterocycles. The Labute approximate surface area is 145 Å². The molecule has 0 amide bonds. The third kappa shape index (κ3) is 2.88. The van der Waals surface area contributed by atoms with Crippen LogP contribution in [0.4, 0.5) is 5.69 Å². The Morgan fingerprint density at radius 1 is 0.833 bits per heavy atom. The summed E-state index contributed by atoms with van der Waals surface area (Å²) in [5, 5.41) is 12.8. The summed E-state index contributed by atoms with van der Waals surface area (Å²) < 4.78 is 14.1. The highest BCUT2D eigenvalue weighted by atomic mass is 32.1. The first-order chi connectivity index (χ1) is 11.5. The van der Waals surface area contributed by atoms with Crippen molar-refractivity contribution in [1.82, 2.24) is 0 Å². The molecule has 0 aromatic heterocycles. The van der Waals surface area contributed by atoms with E-state index in [1.807, 2.05) is 12.1 Å². The Morgan fingerprint density at radius 3 is 1.79 bits per heavy atom. The number of nitro groups is 1. The fraction of sp³-hybridized carbons (Fsp3) is 0. The number of non-ortho nitro benzene ring substituents is 1. The van der Waals surface area contributed by atoms with Gasteiger partial charge in [-0.2, -0.15) is 0 Å². The van der Waals surface area contributed by atoms with E-state index >= 15 is 0 Å². The molecule has 3 aromatic rings. The van der Waals surface area contributed by atoms with Gasteiger partial charge in [-0.15, -0.1) is 12.6 Å². The molecule has 0 aliphatic heterocycles. The van der Waals surface area contributed by atoms with Crippen molar-refractivity contribution in [1.29, 1.82) is 0 Å². The minimum absolute atomic E-state index is 0.102. The number of nitro benzene ring substituents is 1. The highest BCUT2D eigenvalue weighted by Gasteiger charge is 2.32. The Kier molecular flexibility index (Phi) is 4.56. The first kappa shape index (κ1) is 16.5. The lowest BCUT2D eigenvalue weighted by atomic mass is 10.3. The fourth-order valence-electron chi connectivity index (χ4n) is 2.58. The molecule has 0 bridgehead atoms. The first-order valence-corrected chi connectivity index (χ1v) is 9.38. The number of hydrogen-bond donors (Lipinski definition) is 1. The molecule has 0 aliphatic rings.